The minimum absolute atomic E-state index is 0.272. The minimum Gasteiger partial charge on any atom is -0.405 e. The van der Waals surface area contributed by atoms with Gasteiger partial charge in [0.05, 0.1) is 0 Å². The molecule has 0 spiro atoms. The Morgan fingerprint density at radius 1 is 1.50 bits per heavy atom. The third-order valence-corrected chi connectivity index (χ3v) is 2.70. The van der Waals surface area contributed by atoms with Gasteiger partial charge in [-0.2, -0.15) is 0 Å². The molecule has 1 aromatic rings. The van der Waals surface area contributed by atoms with Crippen LogP contribution in [0, 0.1) is 0 Å². The highest BCUT2D eigenvalue weighted by Crippen LogP contribution is 2.05. The van der Waals surface area contributed by atoms with Gasteiger partial charge >= 0.3 is 0 Å². The van der Waals surface area contributed by atoms with Crippen molar-refractivity contribution in [3.05, 3.63) is 47.0 Å². The maximum absolute atomic E-state index is 10.8. The van der Waals surface area contributed by atoms with Crippen LogP contribution in [0.15, 0.2) is 36.5 Å². The summed E-state index contributed by atoms with van der Waals surface area (Å²) in [5.41, 5.74) is 4.02. The number of hydrogen-bond donors (Lipinski definition) is 3. The van der Waals surface area contributed by atoms with Gasteiger partial charge in [0.15, 0.2) is 16.5 Å². The second-order valence-corrected chi connectivity index (χ2v) is 4.10. The van der Waals surface area contributed by atoms with Gasteiger partial charge in [-0.1, -0.05) is 30.8 Å². The van der Waals surface area contributed by atoms with Crippen LogP contribution in [-0.4, -0.2) is 19.3 Å². The van der Waals surface area contributed by atoms with E-state index < -0.39 is 16.5 Å². The summed E-state index contributed by atoms with van der Waals surface area (Å²) in [4.78, 5) is 0. The van der Waals surface area contributed by atoms with E-state index in [1.807, 2.05) is 0 Å². The smallest absolute Gasteiger partial charge is 0.187 e. The number of aliphatic hydroxyl groups is 1. The quantitative estimate of drug-likeness (QED) is 0.607. The van der Waals surface area contributed by atoms with Crippen molar-refractivity contribution in [3.63, 3.8) is 0 Å². The SMILES string of the molecule is C=c1cccc/c1=C(/C=C\N)C(O)S(=O)O. The van der Waals surface area contributed by atoms with Crippen LogP contribution in [0.1, 0.15) is 0 Å². The highest BCUT2D eigenvalue weighted by atomic mass is 32.2. The molecule has 16 heavy (non-hydrogen) atoms. The molecular weight excluding hydrogens is 226 g/mol. The summed E-state index contributed by atoms with van der Waals surface area (Å²) >= 11 is -2.37. The van der Waals surface area contributed by atoms with E-state index in [9.17, 15) is 9.32 Å². The fourth-order valence-electron chi connectivity index (χ4n) is 1.32. The molecule has 0 radical (unpaired) electrons. The Hall–Kier alpha value is -1.43. The van der Waals surface area contributed by atoms with Gasteiger partial charge in [0.1, 0.15) is 0 Å². The van der Waals surface area contributed by atoms with Gasteiger partial charge < -0.3 is 15.4 Å². The third-order valence-electron chi connectivity index (χ3n) is 2.06. The number of benzene rings is 1. The zero-order valence-electron chi connectivity index (χ0n) is 8.54. The van der Waals surface area contributed by atoms with Gasteiger partial charge in [0.2, 0.25) is 0 Å². The van der Waals surface area contributed by atoms with E-state index in [1.165, 1.54) is 12.3 Å². The van der Waals surface area contributed by atoms with Gasteiger partial charge in [0.25, 0.3) is 0 Å². The summed E-state index contributed by atoms with van der Waals surface area (Å²) in [5.74, 6) is 0. The first-order valence-corrected chi connectivity index (χ1v) is 5.69. The summed E-state index contributed by atoms with van der Waals surface area (Å²) in [6.07, 6.45) is 2.60. The van der Waals surface area contributed by atoms with Crippen LogP contribution in [0.25, 0.3) is 12.2 Å². The predicted octanol–water partition coefficient (Wildman–Crippen LogP) is -0.740. The summed E-state index contributed by atoms with van der Waals surface area (Å²) in [7, 11) is 0. The molecule has 4 N–H and O–H groups in total. The molecule has 0 amide bonds. The van der Waals surface area contributed by atoms with E-state index in [-0.39, 0.29) is 5.57 Å². The molecule has 0 aromatic heterocycles. The van der Waals surface area contributed by atoms with E-state index in [2.05, 4.69) is 6.58 Å². The second kappa shape index (κ2) is 5.60. The zero-order chi connectivity index (χ0) is 12.1. The zero-order valence-corrected chi connectivity index (χ0v) is 9.35. The fourth-order valence-corrected chi connectivity index (χ4v) is 1.74. The standard InChI is InChI=1S/C11H13NO3S/c1-8-4-2-3-5-9(8)10(6-7-12)11(13)16(14)15/h2-7,11,13H,1,12H2,(H,14,15)/b7-6-,10-9+. The van der Waals surface area contributed by atoms with Crippen molar-refractivity contribution in [3.8, 4) is 0 Å². The predicted molar refractivity (Wildman–Crippen MR) is 64.7 cm³/mol. The highest BCUT2D eigenvalue weighted by molar-refractivity contribution is 7.80. The molecule has 0 aliphatic rings. The van der Waals surface area contributed by atoms with Crippen molar-refractivity contribution >= 4 is 23.2 Å². The van der Waals surface area contributed by atoms with Gasteiger partial charge in [-0.25, -0.2) is 4.21 Å². The molecule has 2 atom stereocenters. The molecule has 4 nitrogen and oxygen atoms in total. The van der Waals surface area contributed by atoms with Crippen molar-refractivity contribution in [1.82, 2.24) is 0 Å². The van der Waals surface area contributed by atoms with Gasteiger partial charge in [0, 0.05) is 5.57 Å². The van der Waals surface area contributed by atoms with Gasteiger partial charge in [-0.3, -0.25) is 0 Å². The van der Waals surface area contributed by atoms with E-state index in [1.54, 1.807) is 24.3 Å². The summed E-state index contributed by atoms with van der Waals surface area (Å²) in [6, 6.07) is 6.99. The van der Waals surface area contributed by atoms with Crippen LogP contribution in [0.5, 0.6) is 0 Å². The first kappa shape index (κ1) is 12.6. The van der Waals surface area contributed by atoms with E-state index >= 15 is 0 Å². The lowest BCUT2D eigenvalue weighted by Crippen LogP contribution is -2.30. The van der Waals surface area contributed by atoms with E-state index in [4.69, 9.17) is 10.3 Å². The van der Waals surface area contributed by atoms with Crippen LogP contribution in [0.4, 0.5) is 0 Å². The molecule has 0 aliphatic carbocycles. The normalized spacial score (nSPS) is 17.1. The van der Waals surface area contributed by atoms with Crippen LogP contribution in [-0.2, 0) is 11.1 Å². The first-order chi connectivity index (χ1) is 7.57. The Balaban J connectivity index is 3.54. The lowest BCUT2D eigenvalue weighted by Gasteiger charge is -2.07. The monoisotopic (exact) mass is 239 g/mol. The summed E-state index contributed by atoms with van der Waals surface area (Å²) in [5, 5.41) is 10.8. The van der Waals surface area contributed by atoms with E-state index in [0.717, 1.165) is 0 Å². The Kier molecular flexibility index (Phi) is 4.42. The third kappa shape index (κ3) is 2.79. The van der Waals surface area contributed by atoms with Crippen LogP contribution in [0.3, 0.4) is 0 Å². The Morgan fingerprint density at radius 3 is 2.62 bits per heavy atom. The Labute approximate surface area is 95.7 Å². The number of aliphatic hydroxyl groups excluding tert-OH is 1. The van der Waals surface area contributed by atoms with Crippen molar-refractivity contribution in [2.75, 3.05) is 0 Å². The van der Waals surface area contributed by atoms with Gasteiger partial charge in [-0.15, -0.1) is 0 Å². The molecule has 0 saturated carbocycles. The Morgan fingerprint density at radius 2 is 2.12 bits per heavy atom. The average Bonchev–Trinajstić information content (AvgIpc) is 2.26. The molecular formula is C11H13NO3S. The summed E-state index contributed by atoms with van der Waals surface area (Å²) < 4.78 is 19.7. The maximum atomic E-state index is 10.8. The highest BCUT2D eigenvalue weighted by Gasteiger charge is 2.15. The number of hydrogen-bond acceptors (Lipinski definition) is 3. The molecule has 1 rings (SSSR count). The average molecular weight is 239 g/mol. The topological polar surface area (TPSA) is 83.5 Å². The fraction of sp³-hybridized carbons (Fsp3) is 0.0909. The maximum Gasteiger partial charge on any atom is 0.187 e. The second-order valence-electron chi connectivity index (χ2n) is 3.10. The summed E-state index contributed by atoms with van der Waals surface area (Å²) in [6.45, 7) is 3.78. The molecule has 2 unspecified atom stereocenters. The molecule has 0 saturated heterocycles. The lowest BCUT2D eigenvalue weighted by atomic mass is 10.1. The van der Waals surface area contributed by atoms with Crippen molar-refractivity contribution in [2.24, 2.45) is 5.73 Å². The molecule has 0 fully saturated rings. The Bertz CT molecular complexity index is 524. The largest absolute Gasteiger partial charge is 0.405 e. The van der Waals surface area contributed by atoms with Crippen molar-refractivity contribution in [2.45, 2.75) is 5.44 Å². The van der Waals surface area contributed by atoms with Crippen LogP contribution in [0.2, 0.25) is 0 Å². The number of nitrogens with two attached hydrogens (primary N) is 1. The van der Waals surface area contributed by atoms with Crippen molar-refractivity contribution in [1.29, 1.82) is 0 Å². The minimum atomic E-state index is -2.37. The first-order valence-electron chi connectivity index (χ1n) is 4.52. The molecule has 0 aliphatic heterocycles. The number of rotatable bonds is 3. The van der Waals surface area contributed by atoms with E-state index in [0.29, 0.717) is 10.4 Å². The molecule has 0 bridgehead atoms. The van der Waals surface area contributed by atoms with Crippen LogP contribution >= 0.6 is 0 Å². The van der Waals surface area contributed by atoms with Crippen LogP contribution < -0.4 is 16.2 Å². The molecule has 1 aromatic carbocycles. The van der Waals surface area contributed by atoms with Crippen molar-refractivity contribution < 1.29 is 13.9 Å². The molecule has 86 valence electrons. The molecule has 0 heterocycles. The lowest BCUT2D eigenvalue weighted by molar-refractivity contribution is 0.298. The molecule has 5 heteroatoms. The van der Waals surface area contributed by atoms with Gasteiger partial charge in [-0.05, 0) is 22.7 Å².